The molecule has 0 amide bonds. The Bertz CT molecular complexity index is 474. The number of aromatic nitrogens is 4. The maximum Gasteiger partial charge on any atom is 0.199 e. The van der Waals surface area contributed by atoms with Crippen LogP contribution in [-0.4, -0.2) is 26.5 Å². The number of rotatable bonds is 3. The highest BCUT2D eigenvalue weighted by Gasteiger charge is 2.07. The SMILES string of the molecule is CCNc1nc(-c2ncccn2)ncc1I. The van der Waals surface area contributed by atoms with Crippen molar-refractivity contribution in [3.05, 3.63) is 28.2 Å². The van der Waals surface area contributed by atoms with E-state index in [9.17, 15) is 0 Å². The summed E-state index contributed by atoms with van der Waals surface area (Å²) in [5.41, 5.74) is 0. The predicted octanol–water partition coefficient (Wildman–Crippen LogP) is 1.97. The first-order valence-corrected chi connectivity index (χ1v) is 5.93. The average Bonchev–Trinajstić information content (AvgIpc) is 2.33. The lowest BCUT2D eigenvalue weighted by Gasteiger charge is -2.05. The van der Waals surface area contributed by atoms with Crippen LogP contribution in [0.15, 0.2) is 24.7 Å². The van der Waals surface area contributed by atoms with E-state index in [0.29, 0.717) is 11.6 Å². The van der Waals surface area contributed by atoms with Crippen molar-refractivity contribution in [2.45, 2.75) is 6.92 Å². The molecule has 82 valence electrons. The van der Waals surface area contributed by atoms with Gasteiger partial charge in [-0.05, 0) is 35.6 Å². The molecule has 0 saturated heterocycles. The van der Waals surface area contributed by atoms with Crippen LogP contribution in [0.5, 0.6) is 0 Å². The zero-order valence-electron chi connectivity index (χ0n) is 8.68. The molecule has 0 aliphatic carbocycles. The highest BCUT2D eigenvalue weighted by Crippen LogP contribution is 2.17. The first-order valence-electron chi connectivity index (χ1n) is 4.85. The molecular formula is C10H10IN5. The third-order valence-electron chi connectivity index (χ3n) is 1.85. The van der Waals surface area contributed by atoms with Gasteiger partial charge in [0.1, 0.15) is 5.82 Å². The van der Waals surface area contributed by atoms with Crippen LogP contribution in [-0.2, 0) is 0 Å². The van der Waals surface area contributed by atoms with Gasteiger partial charge < -0.3 is 5.32 Å². The van der Waals surface area contributed by atoms with Crippen molar-refractivity contribution in [3.8, 4) is 11.6 Å². The van der Waals surface area contributed by atoms with Gasteiger partial charge in [-0.1, -0.05) is 0 Å². The monoisotopic (exact) mass is 327 g/mol. The maximum atomic E-state index is 4.38. The summed E-state index contributed by atoms with van der Waals surface area (Å²) in [7, 11) is 0. The van der Waals surface area contributed by atoms with Crippen molar-refractivity contribution in [3.63, 3.8) is 0 Å². The fraction of sp³-hybridized carbons (Fsp3) is 0.200. The van der Waals surface area contributed by atoms with Crippen molar-refractivity contribution >= 4 is 28.4 Å². The molecule has 0 fully saturated rings. The lowest BCUT2D eigenvalue weighted by atomic mass is 10.4. The molecule has 0 aliphatic rings. The first kappa shape index (κ1) is 11.2. The molecule has 0 radical (unpaired) electrons. The van der Waals surface area contributed by atoms with Gasteiger partial charge in [-0.25, -0.2) is 19.9 Å². The standard InChI is InChI=1S/C10H10IN5/c1-2-12-8-7(11)6-15-10(16-8)9-13-4-3-5-14-9/h3-6H,2H2,1H3,(H,12,15,16). The van der Waals surface area contributed by atoms with Crippen molar-refractivity contribution in [2.75, 3.05) is 11.9 Å². The van der Waals surface area contributed by atoms with E-state index in [1.807, 2.05) is 6.92 Å². The Kier molecular flexibility index (Phi) is 3.60. The zero-order chi connectivity index (χ0) is 11.4. The molecule has 1 N–H and O–H groups in total. The molecule has 16 heavy (non-hydrogen) atoms. The van der Waals surface area contributed by atoms with Gasteiger partial charge in [0.05, 0.1) is 3.57 Å². The highest BCUT2D eigenvalue weighted by atomic mass is 127. The fourth-order valence-electron chi connectivity index (χ4n) is 1.18. The Labute approximate surface area is 107 Å². The summed E-state index contributed by atoms with van der Waals surface area (Å²) in [5, 5.41) is 3.17. The Balaban J connectivity index is 2.40. The highest BCUT2D eigenvalue weighted by molar-refractivity contribution is 14.1. The Morgan fingerprint density at radius 1 is 1.19 bits per heavy atom. The molecule has 2 aromatic heterocycles. The minimum atomic E-state index is 0.539. The molecule has 6 heteroatoms. The van der Waals surface area contributed by atoms with Gasteiger partial charge in [0.15, 0.2) is 11.6 Å². The topological polar surface area (TPSA) is 63.6 Å². The van der Waals surface area contributed by atoms with Gasteiger partial charge in [0.2, 0.25) is 0 Å². The van der Waals surface area contributed by atoms with E-state index in [1.54, 1.807) is 24.7 Å². The molecule has 0 atom stereocenters. The second-order valence-electron chi connectivity index (χ2n) is 2.99. The first-order chi connectivity index (χ1) is 7.81. The number of anilines is 1. The third-order valence-corrected chi connectivity index (χ3v) is 2.64. The molecule has 0 saturated carbocycles. The van der Waals surface area contributed by atoms with E-state index in [2.05, 4.69) is 47.8 Å². The van der Waals surface area contributed by atoms with E-state index in [4.69, 9.17) is 0 Å². The molecule has 0 aliphatic heterocycles. The second-order valence-corrected chi connectivity index (χ2v) is 4.16. The zero-order valence-corrected chi connectivity index (χ0v) is 10.8. The summed E-state index contributed by atoms with van der Waals surface area (Å²) in [5.74, 6) is 1.90. The Morgan fingerprint density at radius 2 is 1.94 bits per heavy atom. The quantitative estimate of drug-likeness (QED) is 0.874. The van der Waals surface area contributed by atoms with E-state index in [-0.39, 0.29) is 0 Å². The minimum Gasteiger partial charge on any atom is -0.369 e. The van der Waals surface area contributed by atoms with Gasteiger partial charge in [-0.15, -0.1) is 0 Å². The summed E-state index contributed by atoms with van der Waals surface area (Å²) < 4.78 is 0.985. The third kappa shape index (κ3) is 2.43. The average molecular weight is 327 g/mol. The molecule has 0 unspecified atom stereocenters. The number of hydrogen-bond acceptors (Lipinski definition) is 5. The minimum absolute atomic E-state index is 0.539. The van der Waals surface area contributed by atoms with Crippen LogP contribution < -0.4 is 5.32 Å². The van der Waals surface area contributed by atoms with Gasteiger partial charge in [-0.2, -0.15) is 0 Å². The number of hydrogen-bond donors (Lipinski definition) is 1. The molecule has 2 rings (SSSR count). The van der Waals surface area contributed by atoms with E-state index in [0.717, 1.165) is 15.9 Å². The van der Waals surface area contributed by atoms with Crippen molar-refractivity contribution in [1.29, 1.82) is 0 Å². The van der Waals surface area contributed by atoms with Crippen LogP contribution in [0.25, 0.3) is 11.6 Å². The lowest BCUT2D eigenvalue weighted by Crippen LogP contribution is -2.04. The van der Waals surface area contributed by atoms with Crippen molar-refractivity contribution in [2.24, 2.45) is 0 Å². The summed E-state index contributed by atoms with van der Waals surface area (Å²) in [4.78, 5) is 16.8. The molecule has 0 spiro atoms. The number of nitrogens with zero attached hydrogens (tertiary/aromatic N) is 4. The van der Waals surface area contributed by atoms with E-state index >= 15 is 0 Å². The molecule has 2 aromatic rings. The van der Waals surface area contributed by atoms with Gasteiger partial charge in [-0.3, -0.25) is 0 Å². The fourth-order valence-corrected chi connectivity index (χ4v) is 1.63. The van der Waals surface area contributed by atoms with Crippen LogP contribution in [0.2, 0.25) is 0 Å². The second kappa shape index (κ2) is 5.15. The smallest absolute Gasteiger partial charge is 0.199 e. The van der Waals surface area contributed by atoms with E-state index in [1.165, 1.54) is 0 Å². The van der Waals surface area contributed by atoms with E-state index < -0.39 is 0 Å². The molecule has 0 aromatic carbocycles. The van der Waals surface area contributed by atoms with Crippen molar-refractivity contribution < 1.29 is 0 Å². The van der Waals surface area contributed by atoms with Gasteiger partial charge >= 0.3 is 0 Å². The van der Waals surface area contributed by atoms with Crippen LogP contribution >= 0.6 is 22.6 Å². The lowest BCUT2D eigenvalue weighted by molar-refractivity contribution is 1.05. The van der Waals surface area contributed by atoms with Crippen LogP contribution in [0.1, 0.15) is 6.92 Å². The van der Waals surface area contributed by atoms with Crippen molar-refractivity contribution in [1.82, 2.24) is 19.9 Å². The Hall–Kier alpha value is -1.31. The predicted molar refractivity (Wildman–Crippen MR) is 69.9 cm³/mol. The number of nitrogens with one attached hydrogen (secondary N) is 1. The van der Waals surface area contributed by atoms with Gasteiger partial charge in [0.25, 0.3) is 0 Å². The summed E-state index contributed by atoms with van der Waals surface area (Å²) in [6, 6.07) is 1.77. The largest absolute Gasteiger partial charge is 0.369 e. The maximum absolute atomic E-state index is 4.38. The van der Waals surface area contributed by atoms with Crippen LogP contribution in [0, 0.1) is 3.57 Å². The summed E-state index contributed by atoms with van der Waals surface area (Å²) >= 11 is 2.19. The Morgan fingerprint density at radius 3 is 2.62 bits per heavy atom. The normalized spacial score (nSPS) is 10.1. The van der Waals surface area contributed by atoms with Crippen LogP contribution in [0.3, 0.4) is 0 Å². The summed E-state index contributed by atoms with van der Waals surface area (Å²) in [6.07, 6.45) is 5.12. The molecule has 5 nitrogen and oxygen atoms in total. The van der Waals surface area contributed by atoms with Gasteiger partial charge in [0, 0.05) is 25.1 Å². The molecule has 0 bridgehead atoms. The van der Waals surface area contributed by atoms with Crippen LogP contribution in [0.4, 0.5) is 5.82 Å². The molecule has 2 heterocycles. The summed E-state index contributed by atoms with van der Waals surface area (Å²) in [6.45, 7) is 2.85. The number of halogens is 1. The molecular weight excluding hydrogens is 317 g/mol.